The van der Waals surface area contributed by atoms with E-state index in [0.717, 1.165) is 33.8 Å². The van der Waals surface area contributed by atoms with Crippen LogP contribution in [0.3, 0.4) is 0 Å². The predicted octanol–water partition coefficient (Wildman–Crippen LogP) is 3.05. The van der Waals surface area contributed by atoms with Gasteiger partial charge in [0.1, 0.15) is 5.01 Å². The van der Waals surface area contributed by atoms with Gasteiger partial charge >= 0.3 is 0 Å². The molecule has 0 bridgehead atoms. The second-order valence-corrected chi connectivity index (χ2v) is 7.04. The number of nitrogens with one attached hydrogen (secondary N) is 1. The number of carbonyl (C=O) groups excluding carboxylic acids is 1. The van der Waals surface area contributed by atoms with Gasteiger partial charge in [0, 0.05) is 25.1 Å². The van der Waals surface area contributed by atoms with Gasteiger partial charge in [0.2, 0.25) is 4.96 Å². The van der Waals surface area contributed by atoms with Gasteiger partial charge < -0.3 is 4.98 Å². The van der Waals surface area contributed by atoms with Crippen molar-refractivity contribution in [1.29, 1.82) is 0 Å². The lowest BCUT2D eigenvalue weighted by Crippen LogP contribution is -2.06. The van der Waals surface area contributed by atoms with E-state index >= 15 is 0 Å². The van der Waals surface area contributed by atoms with Gasteiger partial charge in [-0.15, -0.1) is 21.8 Å². The molecule has 0 aliphatic carbocycles. The van der Waals surface area contributed by atoms with Gasteiger partial charge in [-0.25, -0.2) is 4.98 Å². The molecule has 0 aliphatic rings. The first-order valence-corrected chi connectivity index (χ1v) is 9.33. The minimum atomic E-state index is -0.0504. The van der Waals surface area contributed by atoms with Gasteiger partial charge in [-0.3, -0.25) is 4.79 Å². The fraction of sp³-hybridized carbons (Fsp3) is 0.312. The number of rotatable bonds is 7. The minimum absolute atomic E-state index is 0.0504. The molecule has 3 aromatic heterocycles. The Morgan fingerprint density at radius 2 is 2.12 bits per heavy atom. The molecule has 0 atom stereocenters. The van der Waals surface area contributed by atoms with E-state index < -0.39 is 0 Å². The molecule has 0 saturated heterocycles. The summed E-state index contributed by atoms with van der Waals surface area (Å²) in [4.78, 5) is 20.6. The maximum Gasteiger partial charge on any atom is 0.234 e. The van der Waals surface area contributed by atoms with Crippen molar-refractivity contribution < 1.29 is 4.79 Å². The highest BCUT2D eigenvalue weighted by Crippen LogP contribution is 2.17. The van der Waals surface area contributed by atoms with Gasteiger partial charge in [-0.05, 0) is 18.6 Å². The predicted molar refractivity (Wildman–Crippen MR) is 96.4 cm³/mol. The summed E-state index contributed by atoms with van der Waals surface area (Å²) >= 11 is 7.23. The molecule has 0 unspecified atom stereocenters. The van der Waals surface area contributed by atoms with E-state index in [0.29, 0.717) is 30.4 Å². The van der Waals surface area contributed by atoms with E-state index in [1.165, 1.54) is 11.3 Å². The minimum Gasteiger partial charge on any atom is -0.335 e. The molecule has 3 heterocycles. The number of aryl methyl sites for hydroxylation is 2. The van der Waals surface area contributed by atoms with Crippen LogP contribution in [0.4, 0.5) is 0 Å². The largest absolute Gasteiger partial charge is 0.335 e. The lowest BCUT2D eigenvalue weighted by atomic mass is 10.2. The highest BCUT2D eigenvalue weighted by atomic mass is 35.5. The number of fused-ring (bicyclic) bond motifs is 2. The molecular weight excluding hydrogens is 360 g/mol. The van der Waals surface area contributed by atoms with E-state index in [-0.39, 0.29) is 5.78 Å². The number of aromatic nitrogens is 6. The van der Waals surface area contributed by atoms with E-state index in [1.807, 2.05) is 24.3 Å². The molecule has 0 amide bonds. The number of aromatic amines is 1. The van der Waals surface area contributed by atoms with Gasteiger partial charge in [0.15, 0.2) is 17.4 Å². The van der Waals surface area contributed by atoms with Crippen LogP contribution in [0.1, 0.15) is 34.3 Å². The number of halogens is 1. The molecular formula is C16H15ClN6OS. The third-order valence-electron chi connectivity index (χ3n) is 3.85. The maximum absolute atomic E-state index is 12.4. The number of H-pyrrole nitrogens is 1. The third-order valence-corrected chi connectivity index (χ3v) is 5.08. The van der Waals surface area contributed by atoms with Crippen LogP contribution in [0.5, 0.6) is 0 Å². The smallest absolute Gasteiger partial charge is 0.234 e. The van der Waals surface area contributed by atoms with Crippen molar-refractivity contribution in [3.8, 4) is 0 Å². The Hall–Kier alpha value is -2.32. The van der Waals surface area contributed by atoms with Crippen molar-refractivity contribution >= 4 is 44.7 Å². The Bertz CT molecular complexity index is 1000. The molecule has 128 valence electrons. The summed E-state index contributed by atoms with van der Waals surface area (Å²) in [5.74, 6) is 1.63. The van der Waals surface area contributed by atoms with Crippen LogP contribution < -0.4 is 0 Å². The quantitative estimate of drug-likeness (QED) is 0.396. The van der Waals surface area contributed by atoms with Crippen LogP contribution in [0.2, 0.25) is 0 Å². The van der Waals surface area contributed by atoms with Crippen molar-refractivity contribution in [2.45, 2.75) is 25.7 Å². The van der Waals surface area contributed by atoms with Crippen LogP contribution in [0.15, 0.2) is 24.3 Å². The Morgan fingerprint density at radius 3 is 2.96 bits per heavy atom. The molecule has 1 aromatic carbocycles. The topological polar surface area (TPSA) is 88.8 Å². The van der Waals surface area contributed by atoms with Crippen LogP contribution in [-0.2, 0) is 12.8 Å². The zero-order valence-corrected chi connectivity index (χ0v) is 14.8. The normalized spacial score (nSPS) is 11.6. The molecule has 0 fully saturated rings. The van der Waals surface area contributed by atoms with Crippen molar-refractivity contribution in [1.82, 2.24) is 29.8 Å². The number of ketones is 1. The molecule has 4 rings (SSSR count). The van der Waals surface area contributed by atoms with Gasteiger partial charge in [0.25, 0.3) is 0 Å². The molecule has 9 heteroatoms. The average molecular weight is 375 g/mol. The van der Waals surface area contributed by atoms with E-state index in [4.69, 9.17) is 11.6 Å². The van der Waals surface area contributed by atoms with Crippen molar-refractivity contribution in [2.75, 3.05) is 5.88 Å². The van der Waals surface area contributed by atoms with Gasteiger partial charge in [-0.1, -0.05) is 23.5 Å². The first-order chi connectivity index (χ1) is 12.2. The lowest BCUT2D eigenvalue weighted by Gasteiger charge is -1.96. The SMILES string of the molecule is O=C(CCc1nnc2sc(CCCCl)nn12)c1nc2ccccc2[nH]1. The highest BCUT2D eigenvalue weighted by molar-refractivity contribution is 7.16. The zero-order valence-electron chi connectivity index (χ0n) is 13.3. The van der Waals surface area contributed by atoms with Crippen molar-refractivity contribution in [3.63, 3.8) is 0 Å². The average Bonchev–Trinajstić information content (AvgIpc) is 3.31. The Labute approximate surface area is 152 Å². The summed E-state index contributed by atoms with van der Waals surface area (Å²) < 4.78 is 1.72. The Kier molecular flexibility index (Phi) is 4.46. The first kappa shape index (κ1) is 16.2. The summed E-state index contributed by atoms with van der Waals surface area (Å²) in [5.41, 5.74) is 1.65. The Balaban J connectivity index is 1.47. The van der Waals surface area contributed by atoms with Crippen LogP contribution in [0.25, 0.3) is 16.0 Å². The fourth-order valence-corrected chi connectivity index (χ4v) is 3.63. The molecule has 25 heavy (non-hydrogen) atoms. The summed E-state index contributed by atoms with van der Waals surface area (Å²) in [6, 6.07) is 7.58. The number of para-hydroxylation sites is 2. The third kappa shape index (κ3) is 3.27. The number of hydrogen-bond donors (Lipinski definition) is 1. The van der Waals surface area contributed by atoms with Crippen molar-refractivity contribution in [3.05, 3.63) is 40.9 Å². The molecule has 0 spiro atoms. The summed E-state index contributed by atoms with van der Waals surface area (Å²) in [6.45, 7) is 0. The summed E-state index contributed by atoms with van der Waals surface area (Å²) in [6.07, 6.45) is 2.48. The number of carbonyl (C=O) groups is 1. The maximum atomic E-state index is 12.4. The lowest BCUT2D eigenvalue weighted by molar-refractivity contribution is 0.0973. The zero-order chi connectivity index (χ0) is 17.2. The van der Waals surface area contributed by atoms with E-state index in [2.05, 4.69) is 25.3 Å². The molecule has 0 radical (unpaired) electrons. The molecule has 0 saturated carbocycles. The molecule has 7 nitrogen and oxygen atoms in total. The monoisotopic (exact) mass is 374 g/mol. The van der Waals surface area contributed by atoms with E-state index in [1.54, 1.807) is 4.52 Å². The number of hydrogen-bond acceptors (Lipinski definition) is 6. The number of Topliss-reactive ketones (excluding diaryl/α,β-unsaturated/α-hetero) is 1. The summed E-state index contributed by atoms with van der Waals surface area (Å²) in [7, 11) is 0. The number of imidazole rings is 1. The standard InChI is InChI=1S/C16H15ClN6OS/c17-9-3-6-14-22-23-13(20-21-16(23)25-14)8-7-12(24)15-18-10-4-1-2-5-11(10)19-15/h1-2,4-5H,3,6-9H2,(H,18,19). The van der Waals surface area contributed by atoms with Crippen LogP contribution >= 0.6 is 22.9 Å². The Morgan fingerprint density at radius 1 is 1.24 bits per heavy atom. The molecule has 1 N–H and O–H groups in total. The molecule has 0 aliphatic heterocycles. The van der Waals surface area contributed by atoms with Crippen LogP contribution in [0, 0.1) is 0 Å². The summed E-state index contributed by atoms with van der Waals surface area (Å²) in [5, 5.41) is 13.8. The van der Waals surface area contributed by atoms with Crippen molar-refractivity contribution in [2.24, 2.45) is 0 Å². The molecule has 4 aromatic rings. The van der Waals surface area contributed by atoms with Gasteiger partial charge in [-0.2, -0.15) is 9.61 Å². The number of alkyl halides is 1. The highest BCUT2D eigenvalue weighted by Gasteiger charge is 2.16. The second kappa shape index (κ2) is 6.89. The first-order valence-electron chi connectivity index (χ1n) is 7.98. The number of nitrogens with zero attached hydrogens (tertiary/aromatic N) is 5. The number of benzene rings is 1. The van der Waals surface area contributed by atoms with Gasteiger partial charge in [0.05, 0.1) is 11.0 Å². The second-order valence-electron chi connectivity index (χ2n) is 5.62. The fourth-order valence-electron chi connectivity index (χ4n) is 2.60. The van der Waals surface area contributed by atoms with Crippen LogP contribution in [-0.4, -0.2) is 41.4 Å². The van der Waals surface area contributed by atoms with E-state index in [9.17, 15) is 4.79 Å².